The van der Waals surface area contributed by atoms with Crippen molar-refractivity contribution in [3.63, 3.8) is 0 Å². The highest BCUT2D eigenvalue weighted by Crippen LogP contribution is 2.29. The van der Waals surface area contributed by atoms with Crippen molar-refractivity contribution in [2.24, 2.45) is 11.8 Å². The maximum absolute atomic E-state index is 12.7. The van der Waals surface area contributed by atoms with Crippen molar-refractivity contribution in [3.05, 3.63) is 48.3 Å². The van der Waals surface area contributed by atoms with Gasteiger partial charge in [-0.25, -0.2) is 0 Å². The van der Waals surface area contributed by atoms with E-state index < -0.39 is 11.8 Å². The van der Waals surface area contributed by atoms with Crippen LogP contribution in [0.5, 0.6) is 11.5 Å². The molecule has 0 fully saturated rings. The highest BCUT2D eigenvalue weighted by atomic mass is 16.5. The van der Waals surface area contributed by atoms with E-state index in [1.54, 1.807) is 31.3 Å². The topological polar surface area (TPSA) is 91.7 Å². The Hall–Kier alpha value is -3.29. The zero-order valence-electron chi connectivity index (χ0n) is 17.5. The number of esters is 1. The molecule has 2 aromatic rings. The number of rotatable bonds is 8. The first-order valence-electron chi connectivity index (χ1n) is 9.82. The lowest BCUT2D eigenvalue weighted by Crippen LogP contribution is -2.35. The number of methoxy groups -OCH3 is 3. The summed E-state index contributed by atoms with van der Waals surface area (Å²) in [4.78, 5) is 24.7. The van der Waals surface area contributed by atoms with Crippen LogP contribution in [0.15, 0.2) is 42.7 Å². The zero-order chi connectivity index (χ0) is 21.5. The summed E-state index contributed by atoms with van der Waals surface area (Å²) in [6.07, 6.45) is 9.00. The molecule has 0 aliphatic heterocycles. The van der Waals surface area contributed by atoms with Crippen LogP contribution < -0.4 is 14.8 Å². The standard InChI is InChI=1S/C22H27N3O5/c1-28-19-9-8-15(12-20(19)29-2)10-11-25-14-16(13-23-25)24-21(26)17-6-4-5-7-18(17)22(27)30-3/h4-5,8-9,12-14,17-18H,6-7,10-11H2,1-3H3,(H,24,26)/t17-,18+/m1/s1. The van der Waals surface area contributed by atoms with Crippen LogP contribution in [-0.4, -0.2) is 43.0 Å². The third-order valence-corrected chi connectivity index (χ3v) is 5.25. The number of aryl methyl sites for hydroxylation is 2. The van der Waals surface area contributed by atoms with Gasteiger partial charge in [0.15, 0.2) is 11.5 Å². The molecule has 0 spiro atoms. The third kappa shape index (κ3) is 5.00. The molecule has 1 aliphatic carbocycles. The van der Waals surface area contributed by atoms with Gasteiger partial charge in [0.1, 0.15) is 0 Å². The van der Waals surface area contributed by atoms with Crippen LogP contribution >= 0.6 is 0 Å². The molecule has 1 aliphatic rings. The Balaban J connectivity index is 1.59. The first-order chi connectivity index (χ1) is 14.5. The van der Waals surface area contributed by atoms with Crippen LogP contribution in [-0.2, 0) is 27.3 Å². The number of carbonyl (C=O) groups excluding carboxylic acids is 2. The largest absolute Gasteiger partial charge is 0.493 e. The fourth-order valence-electron chi connectivity index (χ4n) is 3.58. The Morgan fingerprint density at radius 2 is 1.83 bits per heavy atom. The maximum atomic E-state index is 12.7. The summed E-state index contributed by atoms with van der Waals surface area (Å²) in [6, 6.07) is 5.80. The molecule has 1 heterocycles. The second-order valence-corrected chi connectivity index (χ2v) is 7.10. The van der Waals surface area contributed by atoms with Gasteiger partial charge in [0.05, 0.1) is 45.0 Å². The number of hydrogen-bond donors (Lipinski definition) is 1. The second kappa shape index (κ2) is 9.96. The summed E-state index contributed by atoms with van der Waals surface area (Å²) in [5.74, 6) is -0.0877. The van der Waals surface area contributed by atoms with Crippen molar-refractivity contribution in [1.82, 2.24) is 9.78 Å². The fraction of sp³-hybridized carbons (Fsp3) is 0.409. The molecule has 30 heavy (non-hydrogen) atoms. The van der Waals surface area contributed by atoms with E-state index in [4.69, 9.17) is 14.2 Å². The fourth-order valence-corrected chi connectivity index (χ4v) is 3.58. The molecule has 0 saturated heterocycles. The summed E-state index contributed by atoms with van der Waals surface area (Å²) in [5.41, 5.74) is 1.69. The highest BCUT2D eigenvalue weighted by Gasteiger charge is 2.34. The molecule has 1 aromatic heterocycles. The lowest BCUT2D eigenvalue weighted by atomic mass is 9.82. The number of amides is 1. The number of benzene rings is 1. The summed E-state index contributed by atoms with van der Waals surface area (Å²) in [6.45, 7) is 0.641. The van der Waals surface area contributed by atoms with Crippen LogP contribution in [0.3, 0.4) is 0 Å². The molecule has 1 amide bonds. The first kappa shape index (κ1) is 21.4. The molecule has 8 nitrogen and oxygen atoms in total. The van der Waals surface area contributed by atoms with E-state index in [0.717, 1.165) is 12.0 Å². The normalized spacial score (nSPS) is 18.0. The Morgan fingerprint density at radius 1 is 1.10 bits per heavy atom. The van der Waals surface area contributed by atoms with Crippen molar-refractivity contribution >= 4 is 17.6 Å². The highest BCUT2D eigenvalue weighted by molar-refractivity contribution is 5.95. The van der Waals surface area contributed by atoms with E-state index in [1.165, 1.54) is 7.11 Å². The minimum atomic E-state index is -0.458. The minimum absolute atomic E-state index is 0.200. The van der Waals surface area contributed by atoms with Gasteiger partial charge in [-0.3, -0.25) is 14.3 Å². The maximum Gasteiger partial charge on any atom is 0.309 e. The van der Waals surface area contributed by atoms with Crippen LogP contribution in [0.25, 0.3) is 0 Å². The van der Waals surface area contributed by atoms with Crippen molar-refractivity contribution < 1.29 is 23.8 Å². The van der Waals surface area contributed by atoms with E-state index in [1.807, 2.05) is 30.4 Å². The first-order valence-corrected chi connectivity index (χ1v) is 9.82. The quantitative estimate of drug-likeness (QED) is 0.529. The van der Waals surface area contributed by atoms with Crippen molar-refractivity contribution in [2.45, 2.75) is 25.8 Å². The monoisotopic (exact) mass is 413 g/mol. The Morgan fingerprint density at radius 3 is 2.53 bits per heavy atom. The summed E-state index contributed by atoms with van der Waals surface area (Å²) < 4.78 is 17.2. The minimum Gasteiger partial charge on any atom is -0.493 e. The molecular formula is C22H27N3O5. The van der Waals surface area contributed by atoms with Gasteiger partial charge in [0, 0.05) is 12.7 Å². The smallest absolute Gasteiger partial charge is 0.309 e. The predicted octanol–water partition coefficient (Wildman–Crippen LogP) is 2.84. The van der Waals surface area contributed by atoms with Gasteiger partial charge < -0.3 is 19.5 Å². The van der Waals surface area contributed by atoms with Crippen molar-refractivity contribution in [2.75, 3.05) is 26.6 Å². The van der Waals surface area contributed by atoms with E-state index in [-0.39, 0.29) is 11.9 Å². The van der Waals surface area contributed by atoms with Crippen LogP contribution in [0.1, 0.15) is 18.4 Å². The molecule has 0 radical (unpaired) electrons. The summed E-state index contributed by atoms with van der Waals surface area (Å²) in [5, 5.41) is 7.19. The van der Waals surface area contributed by atoms with Gasteiger partial charge in [0.2, 0.25) is 5.91 Å². The van der Waals surface area contributed by atoms with Crippen LogP contribution in [0, 0.1) is 11.8 Å². The van der Waals surface area contributed by atoms with Crippen molar-refractivity contribution in [1.29, 1.82) is 0 Å². The number of carbonyl (C=O) groups is 2. The molecule has 0 unspecified atom stereocenters. The molecule has 8 heteroatoms. The number of ether oxygens (including phenoxy) is 3. The lowest BCUT2D eigenvalue weighted by Gasteiger charge is -2.25. The summed E-state index contributed by atoms with van der Waals surface area (Å²) in [7, 11) is 4.56. The van der Waals surface area contributed by atoms with Crippen molar-refractivity contribution in [3.8, 4) is 11.5 Å². The molecule has 0 bridgehead atoms. The average molecular weight is 413 g/mol. The Bertz CT molecular complexity index is 921. The van der Waals surface area contributed by atoms with Gasteiger partial charge in [-0.1, -0.05) is 18.2 Å². The van der Waals surface area contributed by atoms with E-state index in [9.17, 15) is 9.59 Å². The molecule has 0 saturated carbocycles. The van der Waals surface area contributed by atoms with Crippen LogP contribution in [0.2, 0.25) is 0 Å². The molecular weight excluding hydrogens is 386 g/mol. The second-order valence-electron chi connectivity index (χ2n) is 7.10. The number of aromatic nitrogens is 2. The van der Waals surface area contributed by atoms with E-state index in [2.05, 4.69) is 10.4 Å². The van der Waals surface area contributed by atoms with Gasteiger partial charge in [-0.05, 0) is 37.0 Å². The molecule has 160 valence electrons. The molecule has 2 atom stereocenters. The van der Waals surface area contributed by atoms with E-state index >= 15 is 0 Å². The molecule has 1 aromatic carbocycles. The van der Waals surface area contributed by atoms with Gasteiger partial charge in [-0.2, -0.15) is 5.10 Å². The Kier molecular flexibility index (Phi) is 7.11. The number of allylic oxidation sites excluding steroid dienone is 2. The van der Waals surface area contributed by atoms with Gasteiger partial charge in [0.25, 0.3) is 0 Å². The lowest BCUT2D eigenvalue weighted by molar-refractivity contribution is -0.149. The predicted molar refractivity (Wildman–Crippen MR) is 111 cm³/mol. The van der Waals surface area contributed by atoms with Gasteiger partial charge in [-0.15, -0.1) is 0 Å². The average Bonchev–Trinajstić information content (AvgIpc) is 3.24. The zero-order valence-corrected chi connectivity index (χ0v) is 17.5. The number of nitrogens with one attached hydrogen (secondary N) is 1. The summed E-state index contributed by atoms with van der Waals surface area (Å²) >= 11 is 0. The third-order valence-electron chi connectivity index (χ3n) is 5.25. The SMILES string of the molecule is COC(=O)[C@H]1CC=CC[C@H]1C(=O)Nc1cnn(CCc2ccc(OC)c(OC)c2)c1. The van der Waals surface area contributed by atoms with E-state index in [0.29, 0.717) is 36.6 Å². The molecule has 1 N–H and O–H groups in total. The van der Waals surface area contributed by atoms with Crippen LogP contribution in [0.4, 0.5) is 5.69 Å². The van der Waals surface area contributed by atoms with Gasteiger partial charge >= 0.3 is 5.97 Å². The Labute approximate surface area is 175 Å². The number of hydrogen-bond acceptors (Lipinski definition) is 6. The number of anilines is 1. The molecule has 3 rings (SSSR count). The number of nitrogens with zero attached hydrogens (tertiary/aromatic N) is 2.